The number of aryl methyl sites for hydroxylation is 1. The van der Waals surface area contributed by atoms with Crippen LogP contribution >= 0.6 is 0 Å². The van der Waals surface area contributed by atoms with Gasteiger partial charge >= 0.3 is 0 Å². The molecule has 3 nitrogen and oxygen atoms in total. The number of fused-ring (bicyclic) bond motifs is 1. The smallest absolute Gasteiger partial charge is 0.141 e. The molecule has 84 valence electrons. The summed E-state index contributed by atoms with van der Waals surface area (Å²) in [6.07, 6.45) is 5.02. The zero-order chi connectivity index (χ0) is 11.8. The van der Waals surface area contributed by atoms with Gasteiger partial charge in [-0.3, -0.25) is 4.98 Å². The summed E-state index contributed by atoms with van der Waals surface area (Å²) in [4.78, 5) is 8.51. The molecule has 3 heterocycles. The van der Waals surface area contributed by atoms with Crippen LogP contribution in [0.3, 0.4) is 0 Å². The fourth-order valence-corrected chi connectivity index (χ4v) is 1.80. The Balaban J connectivity index is 2.18. The van der Waals surface area contributed by atoms with Crippen molar-refractivity contribution in [3.63, 3.8) is 0 Å². The van der Waals surface area contributed by atoms with Crippen LogP contribution in [0.25, 0.3) is 17.0 Å². The largest absolute Gasteiger partial charge is 0.306 e. The minimum atomic E-state index is -0.339. The molecule has 4 heteroatoms. The summed E-state index contributed by atoms with van der Waals surface area (Å²) in [6, 6.07) is 6.99. The fraction of sp³-hybridized carbons (Fsp3) is 0.0769. The van der Waals surface area contributed by atoms with Crippen molar-refractivity contribution in [3.05, 3.63) is 54.2 Å². The van der Waals surface area contributed by atoms with Gasteiger partial charge in [-0.2, -0.15) is 0 Å². The molecule has 0 fully saturated rings. The van der Waals surface area contributed by atoms with Crippen molar-refractivity contribution in [2.75, 3.05) is 0 Å². The van der Waals surface area contributed by atoms with E-state index in [4.69, 9.17) is 0 Å². The van der Waals surface area contributed by atoms with Crippen molar-refractivity contribution in [1.29, 1.82) is 0 Å². The Hall–Kier alpha value is -2.23. The van der Waals surface area contributed by atoms with E-state index in [2.05, 4.69) is 9.97 Å². The summed E-state index contributed by atoms with van der Waals surface area (Å²) in [5, 5.41) is 0. The second kappa shape index (κ2) is 3.66. The SMILES string of the molecule is Cc1cccn2cc(-c3ccc(F)cn3)nc12. The Morgan fingerprint density at radius 2 is 2.06 bits per heavy atom. The minimum absolute atomic E-state index is 0.339. The van der Waals surface area contributed by atoms with Crippen molar-refractivity contribution in [2.45, 2.75) is 6.92 Å². The van der Waals surface area contributed by atoms with Crippen molar-refractivity contribution >= 4 is 5.65 Å². The van der Waals surface area contributed by atoms with Crippen LogP contribution in [0.1, 0.15) is 5.56 Å². The molecule has 0 unspecified atom stereocenters. The second-order valence-electron chi connectivity index (χ2n) is 3.91. The molecule has 0 aliphatic heterocycles. The third-order valence-electron chi connectivity index (χ3n) is 2.67. The molecule has 0 radical (unpaired) electrons. The predicted octanol–water partition coefficient (Wildman–Crippen LogP) is 2.84. The summed E-state index contributed by atoms with van der Waals surface area (Å²) >= 11 is 0. The first-order valence-electron chi connectivity index (χ1n) is 5.30. The highest BCUT2D eigenvalue weighted by Gasteiger charge is 2.06. The van der Waals surface area contributed by atoms with Crippen LogP contribution in [0.5, 0.6) is 0 Å². The molecule has 0 saturated heterocycles. The maximum absolute atomic E-state index is 12.8. The van der Waals surface area contributed by atoms with E-state index in [1.807, 2.05) is 35.9 Å². The first-order chi connectivity index (χ1) is 8.24. The number of imidazole rings is 1. The van der Waals surface area contributed by atoms with E-state index >= 15 is 0 Å². The van der Waals surface area contributed by atoms with Crippen molar-refractivity contribution in [3.8, 4) is 11.4 Å². The van der Waals surface area contributed by atoms with Crippen LogP contribution in [0.2, 0.25) is 0 Å². The van der Waals surface area contributed by atoms with Gasteiger partial charge in [0.2, 0.25) is 0 Å². The summed E-state index contributed by atoms with van der Waals surface area (Å²) in [6.45, 7) is 2.00. The average Bonchev–Trinajstić information content (AvgIpc) is 2.75. The molecule has 0 bridgehead atoms. The predicted molar refractivity (Wildman–Crippen MR) is 63.1 cm³/mol. The van der Waals surface area contributed by atoms with Crippen molar-refractivity contribution in [1.82, 2.24) is 14.4 Å². The van der Waals surface area contributed by atoms with Gasteiger partial charge in [0.15, 0.2) is 0 Å². The average molecular weight is 227 g/mol. The van der Waals surface area contributed by atoms with E-state index in [0.717, 1.165) is 16.9 Å². The van der Waals surface area contributed by atoms with E-state index in [1.165, 1.54) is 12.3 Å². The molecule has 0 N–H and O–H groups in total. The van der Waals surface area contributed by atoms with Gasteiger partial charge in [0, 0.05) is 12.4 Å². The third kappa shape index (κ3) is 1.67. The Morgan fingerprint density at radius 3 is 2.76 bits per heavy atom. The highest BCUT2D eigenvalue weighted by Crippen LogP contribution is 2.18. The molecular weight excluding hydrogens is 217 g/mol. The maximum atomic E-state index is 12.8. The van der Waals surface area contributed by atoms with Crippen LogP contribution in [0, 0.1) is 12.7 Å². The Morgan fingerprint density at radius 1 is 1.18 bits per heavy atom. The quantitative estimate of drug-likeness (QED) is 0.640. The number of rotatable bonds is 1. The van der Waals surface area contributed by atoms with Crippen LogP contribution in [0.4, 0.5) is 4.39 Å². The molecule has 0 spiro atoms. The van der Waals surface area contributed by atoms with Crippen LogP contribution in [-0.2, 0) is 0 Å². The van der Waals surface area contributed by atoms with Gasteiger partial charge in [0.1, 0.15) is 17.2 Å². The van der Waals surface area contributed by atoms with Crippen molar-refractivity contribution in [2.24, 2.45) is 0 Å². The molecule has 3 aromatic heterocycles. The molecule has 0 aromatic carbocycles. The summed E-state index contributed by atoms with van der Waals surface area (Å²) < 4.78 is 14.7. The van der Waals surface area contributed by atoms with Crippen molar-refractivity contribution < 1.29 is 4.39 Å². The number of halogens is 1. The topological polar surface area (TPSA) is 30.2 Å². The van der Waals surface area contributed by atoms with E-state index < -0.39 is 0 Å². The zero-order valence-corrected chi connectivity index (χ0v) is 9.26. The fourth-order valence-electron chi connectivity index (χ4n) is 1.80. The lowest BCUT2D eigenvalue weighted by Gasteiger charge is -1.94. The van der Waals surface area contributed by atoms with Crippen LogP contribution in [-0.4, -0.2) is 14.4 Å². The number of nitrogens with zero attached hydrogens (tertiary/aromatic N) is 3. The number of pyridine rings is 2. The molecule has 3 aromatic rings. The minimum Gasteiger partial charge on any atom is -0.306 e. The highest BCUT2D eigenvalue weighted by atomic mass is 19.1. The number of aromatic nitrogens is 3. The lowest BCUT2D eigenvalue weighted by molar-refractivity contribution is 0.622. The van der Waals surface area contributed by atoms with E-state index in [-0.39, 0.29) is 5.82 Å². The lowest BCUT2D eigenvalue weighted by Crippen LogP contribution is -1.84. The third-order valence-corrected chi connectivity index (χ3v) is 2.67. The Kier molecular flexibility index (Phi) is 2.14. The molecule has 0 atom stereocenters. The van der Waals surface area contributed by atoms with Gasteiger partial charge in [0.25, 0.3) is 0 Å². The highest BCUT2D eigenvalue weighted by molar-refractivity contribution is 5.60. The lowest BCUT2D eigenvalue weighted by atomic mass is 10.3. The normalized spacial score (nSPS) is 10.9. The zero-order valence-electron chi connectivity index (χ0n) is 9.26. The standard InChI is InChI=1S/C13H10FN3/c1-9-3-2-6-17-8-12(16-13(9)17)11-5-4-10(14)7-15-11/h2-8H,1H3. The molecule has 0 amide bonds. The van der Waals surface area contributed by atoms with Gasteiger partial charge in [-0.15, -0.1) is 0 Å². The van der Waals surface area contributed by atoms with Crippen LogP contribution in [0.15, 0.2) is 42.9 Å². The van der Waals surface area contributed by atoms with E-state index in [0.29, 0.717) is 5.69 Å². The first-order valence-corrected chi connectivity index (χ1v) is 5.30. The van der Waals surface area contributed by atoms with Gasteiger partial charge in [-0.05, 0) is 30.7 Å². The van der Waals surface area contributed by atoms with E-state index in [9.17, 15) is 4.39 Å². The molecule has 3 rings (SSSR count). The Labute approximate surface area is 97.6 Å². The maximum Gasteiger partial charge on any atom is 0.141 e. The van der Waals surface area contributed by atoms with Crippen LogP contribution < -0.4 is 0 Å². The summed E-state index contributed by atoms with van der Waals surface area (Å²) in [7, 11) is 0. The number of hydrogen-bond donors (Lipinski definition) is 0. The van der Waals surface area contributed by atoms with Gasteiger partial charge in [0.05, 0.1) is 11.9 Å². The molecular formula is C13H10FN3. The van der Waals surface area contributed by atoms with Gasteiger partial charge < -0.3 is 4.40 Å². The summed E-state index contributed by atoms with van der Waals surface area (Å²) in [5.74, 6) is -0.339. The molecule has 17 heavy (non-hydrogen) atoms. The summed E-state index contributed by atoms with van der Waals surface area (Å²) in [5.41, 5.74) is 3.42. The first kappa shape index (κ1) is 9.96. The van der Waals surface area contributed by atoms with E-state index in [1.54, 1.807) is 6.07 Å². The molecule has 0 saturated carbocycles. The monoisotopic (exact) mass is 227 g/mol. The molecule has 0 aliphatic rings. The number of hydrogen-bond acceptors (Lipinski definition) is 2. The molecule has 0 aliphatic carbocycles. The second-order valence-corrected chi connectivity index (χ2v) is 3.91. The van der Waals surface area contributed by atoms with Gasteiger partial charge in [-0.1, -0.05) is 6.07 Å². The van der Waals surface area contributed by atoms with Gasteiger partial charge in [-0.25, -0.2) is 9.37 Å². The Bertz CT molecular complexity index is 671.